The smallest absolute Gasteiger partial charge is 0.160 e. The predicted molar refractivity (Wildman–Crippen MR) is 199 cm³/mol. The molecule has 0 aliphatic heterocycles. The zero-order chi connectivity index (χ0) is 31.6. The SMILES string of the molecule is c1ccc(-c2nc(-c3ccc(-c4ccc(-c5nc6c7ccccc7sc6c6oc7ccccc7c56)cc4)cc3)nc3ccccc23)cc1. The van der Waals surface area contributed by atoms with Crippen LogP contribution in [0.3, 0.4) is 0 Å². The molecule has 48 heavy (non-hydrogen) atoms. The number of nitrogens with zero attached hydrogens (tertiary/aromatic N) is 3. The molecule has 10 rings (SSSR count). The molecular weight excluding hydrogens is 607 g/mol. The monoisotopic (exact) mass is 631 g/mol. The minimum Gasteiger partial charge on any atom is -0.454 e. The second-order valence-corrected chi connectivity index (χ2v) is 13.0. The van der Waals surface area contributed by atoms with Crippen LogP contribution in [0.2, 0.25) is 0 Å². The summed E-state index contributed by atoms with van der Waals surface area (Å²) in [6, 6.07) is 52.5. The van der Waals surface area contributed by atoms with E-state index in [-0.39, 0.29) is 0 Å². The molecule has 0 atom stereocenters. The molecule has 4 aromatic heterocycles. The van der Waals surface area contributed by atoms with Gasteiger partial charge < -0.3 is 4.42 Å². The van der Waals surface area contributed by atoms with Gasteiger partial charge in [0.25, 0.3) is 0 Å². The number of fused-ring (bicyclic) bond motifs is 8. The first-order chi connectivity index (χ1) is 23.8. The number of hydrogen-bond donors (Lipinski definition) is 0. The summed E-state index contributed by atoms with van der Waals surface area (Å²) in [6.45, 7) is 0. The van der Waals surface area contributed by atoms with E-state index in [1.54, 1.807) is 11.3 Å². The number of thiophene rings is 1. The summed E-state index contributed by atoms with van der Waals surface area (Å²) in [7, 11) is 0. The molecule has 6 aromatic carbocycles. The van der Waals surface area contributed by atoms with E-state index in [0.29, 0.717) is 5.82 Å². The van der Waals surface area contributed by atoms with E-state index in [9.17, 15) is 0 Å². The molecule has 4 nitrogen and oxygen atoms in total. The minimum atomic E-state index is 0.716. The van der Waals surface area contributed by atoms with E-state index in [4.69, 9.17) is 19.4 Å². The molecule has 4 heterocycles. The Morgan fingerprint density at radius 1 is 0.438 bits per heavy atom. The Labute approximate surface area is 279 Å². The normalized spacial score (nSPS) is 11.8. The third-order valence-electron chi connectivity index (χ3n) is 9.12. The van der Waals surface area contributed by atoms with Crippen molar-refractivity contribution >= 4 is 64.5 Å². The Kier molecular flexibility index (Phi) is 6.01. The number of pyridine rings is 1. The average Bonchev–Trinajstić information content (AvgIpc) is 3.74. The topological polar surface area (TPSA) is 51.8 Å². The third kappa shape index (κ3) is 4.25. The number of hydrogen-bond acceptors (Lipinski definition) is 5. The van der Waals surface area contributed by atoms with E-state index in [1.165, 1.54) is 4.70 Å². The maximum absolute atomic E-state index is 6.51. The van der Waals surface area contributed by atoms with E-state index >= 15 is 0 Å². The maximum atomic E-state index is 6.51. The largest absolute Gasteiger partial charge is 0.454 e. The van der Waals surface area contributed by atoms with Crippen molar-refractivity contribution in [3.63, 3.8) is 0 Å². The van der Waals surface area contributed by atoms with Crippen LogP contribution < -0.4 is 0 Å². The van der Waals surface area contributed by atoms with Gasteiger partial charge in [-0.25, -0.2) is 15.0 Å². The summed E-state index contributed by atoms with van der Waals surface area (Å²) >= 11 is 1.74. The first-order valence-corrected chi connectivity index (χ1v) is 16.8. The summed E-state index contributed by atoms with van der Waals surface area (Å²) in [5, 5.41) is 4.35. The molecule has 5 heteroatoms. The van der Waals surface area contributed by atoms with Gasteiger partial charge in [-0.05, 0) is 29.3 Å². The molecule has 0 aliphatic rings. The quantitative estimate of drug-likeness (QED) is 0.194. The van der Waals surface area contributed by atoms with E-state index in [0.717, 1.165) is 87.6 Å². The summed E-state index contributed by atoms with van der Waals surface area (Å²) in [6.07, 6.45) is 0. The highest BCUT2D eigenvalue weighted by Crippen LogP contribution is 2.44. The first kappa shape index (κ1) is 27.0. The maximum Gasteiger partial charge on any atom is 0.160 e. The van der Waals surface area contributed by atoms with E-state index in [1.807, 2.05) is 42.5 Å². The Balaban J connectivity index is 1.05. The van der Waals surface area contributed by atoms with Gasteiger partial charge in [-0.3, -0.25) is 0 Å². The lowest BCUT2D eigenvalue weighted by Crippen LogP contribution is -1.95. The zero-order valence-electron chi connectivity index (χ0n) is 25.6. The molecule has 0 unspecified atom stereocenters. The van der Waals surface area contributed by atoms with Crippen LogP contribution in [-0.4, -0.2) is 15.0 Å². The molecule has 0 spiro atoms. The summed E-state index contributed by atoms with van der Waals surface area (Å²) in [5.41, 5.74) is 11.0. The fourth-order valence-electron chi connectivity index (χ4n) is 6.77. The van der Waals surface area contributed by atoms with Crippen LogP contribution in [-0.2, 0) is 0 Å². The van der Waals surface area contributed by atoms with Gasteiger partial charge in [-0.15, -0.1) is 11.3 Å². The van der Waals surface area contributed by atoms with Gasteiger partial charge in [-0.1, -0.05) is 133 Å². The second-order valence-electron chi connectivity index (χ2n) is 12.0. The molecule has 0 saturated heterocycles. The first-order valence-electron chi connectivity index (χ1n) is 15.9. The predicted octanol–water partition coefficient (Wildman–Crippen LogP) is 12.0. The summed E-state index contributed by atoms with van der Waals surface area (Å²) in [5.74, 6) is 0.716. The molecule has 0 amide bonds. The summed E-state index contributed by atoms with van der Waals surface area (Å²) < 4.78 is 8.82. The van der Waals surface area contributed by atoms with Crippen molar-refractivity contribution in [3.8, 4) is 45.0 Å². The lowest BCUT2D eigenvalue weighted by atomic mass is 9.99. The molecule has 224 valence electrons. The van der Waals surface area contributed by atoms with Crippen molar-refractivity contribution in [3.05, 3.63) is 152 Å². The van der Waals surface area contributed by atoms with Crippen LogP contribution in [0, 0.1) is 0 Å². The molecule has 0 N–H and O–H groups in total. The van der Waals surface area contributed by atoms with Crippen LogP contribution in [0.15, 0.2) is 156 Å². The molecular formula is C43H25N3OS. The second kappa shape index (κ2) is 10.7. The fourth-order valence-corrected chi connectivity index (χ4v) is 7.90. The highest BCUT2D eigenvalue weighted by molar-refractivity contribution is 7.26. The number of aromatic nitrogens is 3. The van der Waals surface area contributed by atoms with Crippen molar-refractivity contribution in [2.24, 2.45) is 0 Å². The Hall–Kier alpha value is -6.17. The van der Waals surface area contributed by atoms with Crippen molar-refractivity contribution in [2.45, 2.75) is 0 Å². The van der Waals surface area contributed by atoms with Gasteiger partial charge in [0.05, 0.1) is 32.5 Å². The standard InChI is InChI=1S/C43H25N3OS/c1-2-10-28(11-3-1)38-31-12-4-7-15-34(31)44-43(46-38)30-24-20-27(21-25-30)26-18-22-29(23-19-26)39-37-32-13-5-8-16-35(32)47-41(37)42-40(45-39)33-14-6-9-17-36(33)48-42/h1-25H. The zero-order valence-corrected chi connectivity index (χ0v) is 26.4. The van der Waals surface area contributed by atoms with Gasteiger partial charge in [0.2, 0.25) is 0 Å². The van der Waals surface area contributed by atoms with Crippen molar-refractivity contribution in [1.82, 2.24) is 15.0 Å². The number of furan rings is 1. The van der Waals surface area contributed by atoms with Gasteiger partial charge in [0.15, 0.2) is 11.4 Å². The highest BCUT2D eigenvalue weighted by Gasteiger charge is 2.20. The Bertz CT molecular complexity index is 2820. The molecule has 0 radical (unpaired) electrons. The molecule has 0 bridgehead atoms. The Morgan fingerprint density at radius 2 is 1.04 bits per heavy atom. The molecule has 0 saturated carbocycles. The van der Waals surface area contributed by atoms with Crippen molar-refractivity contribution in [2.75, 3.05) is 0 Å². The lowest BCUT2D eigenvalue weighted by molar-refractivity contribution is 0.673. The minimum absolute atomic E-state index is 0.716. The van der Waals surface area contributed by atoms with Gasteiger partial charge in [-0.2, -0.15) is 0 Å². The van der Waals surface area contributed by atoms with Crippen LogP contribution in [0.4, 0.5) is 0 Å². The van der Waals surface area contributed by atoms with Crippen LogP contribution >= 0.6 is 11.3 Å². The van der Waals surface area contributed by atoms with Gasteiger partial charge in [0, 0.05) is 37.5 Å². The van der Waals surface area contributed by atoms with Crippen LogP contribution in [0.1, 0.15) is 0 Å². The van der Waals surface area contributed by atoms with E-state index < -0.39 is 0 Å². The molecule has 0 fully saturated rings. The van der Waals surface area contributed by atoms with Gasteiger partial charge in [0.1, 0.15) is 5.58 Å². The third-order valence-corrected chi connectivity index (χ3v) is 10.3. The molecule has 0 aliphatic carbocycles. The molecule has 10 aromatic rings. The number of benzene rings is 6. The van der Waals surface area contributed by atoms with Crippen molar-refractivity contribution in [1.29, 1.82) is 0 Å². The van der Waals surface area contributed by atoms with Crippen LogP contribution in [0.25, 0.3) is 98.2 Å². The lowest BCUT2D eigenvalue weighted by Gasteiger charge is -2.10. The Morgan fingerprint density at radius 3 is 1.83 bits per heavy atom. The summed E-state index contributed by atoms with van der Waals surface area (Å²) in [4.78, 5) is 15.3. The average molecular weight is 632 g/mol. The van der Waals surface area contributed by atoms with Crippen LogP contribution in [0.5, 0.6) is 0 Å². The van der Waals surface area contributed by atoms with E-state index in [2.05, 4.69) is 109 Å². The van der Waals surface area contributed by atoms with Gasteiger partial charge >= 0.3 is 0 Å². The number of para-hydroxylation sites is 2. The van der Waals surface area contributed by atoms with Crippen molar-refractivity contribution < 1.29 is 4.42 Å². The highest BCUT2D eigenvalue weighted by atomic mass is 32.1. The fraction of sp³-hybridized carbons (Fsp3) is 0. The number of rotatable bonds is 4.